The van der Waals surface area contributed by atoms with Crippen molar-refractivity contribution in [2.24, 2.45) is 0 Å². The van der Waals surface area contributed by atoms with Gasteiger partial charge in [0.1, 0.15) is 0 Å². The summed E-state index contributed by atoms with van der Waals surface area (Å²) in [6.07, 6.45) is 0. The molecule has 414 valence electrons. The summed E-state index contributed by atoms with van der Waals surface area (Å²) < 4.78 is 10.1. The van der Waals surface area contributed by atoms with E-state index in [1.165, 1.54) is 176 Å². The molecule has 4 heterocycles. The predicted octanol–water partition coefficient (Wildman–Crippen LogP) is 23.0. The Morgan fingerprint density at radius 3 is 1.17 bits per heavy atom. The summed E-state index contributed by atoms with van der Waals surface area (Å²) in [5.74, 6) is 0. The van der Waals surface area contributed by atoms with Crippen LogP contribution in [0, 0.1) is 0 Å². The fraction of sp³-hybridized carbons (Fsp3) is 0. The van der Waals surface area contributed by atoms with Crippen LogP contribution in [0.1, 0.15) is 0 Å². The van der Waals surface area contributed by atoms with E-state index in [2.05, 4.69) is 322 Å². The molecule has 90 heavy (non-hydrogen) atoms. The molecule has 0 fully saturated rings. The quantitative estimate of drug-likeness (QED) is 0.158. The van der Waals surface area contributed by atoms with E-state index < -0.39 is 0 Å². The van der Waals surface area contributed by atoms with Crippen LogP contribution in [0.15, 0.2) is 303 Å². The van der Waals surface area contributed by atoms with Gasteiger partial charge in [-0.25, -0.2) is 0 Å². The molecular weight excluding hydrogens is 1090 g/mol. The third kappa shape index (κ3) is 6.33. The van der Waals surface area contributed by atoms with E-state index in [4.69, 9.17) is 0 Å². The molecule has 4 nitrogen and oxygen atoms in total. The Labute approximate surface area is 516 Å². The zero-order valence-electron chi connectivity index (χ0n) is 48.7. The van der Waals surface area contributed by atoms with Crippen LogP contribution in [0.4, 0.5) is 0 Å². The van der Waals surface area contributed by atoms with E-state index >= 15 is 0 Å². The molecule has 0 aliphatic heterocycles. The van der Waals surface area contributed by atoms with Gasteiger partial charge in [0.2, 0.25) is 0 Å². The molecule has 0 saturated heterocycles. The number of hydrogen-bond donors (Lipinski definition) is 0. The Hall–Kier alpha value is -12.0. The van der Waals surface area contributed by atoms with Gasteiger partial charge in [-0.1, -0.05) is 212 Å². The summed E-state index contributed by atoms with van der Waals surface area (Å²) in [5.41, 5.74) is 28.9. The Morgan fingerprint density at radius 2 is 0.567 bits per heavy atom. The minimum absolute atomic E-state index is 1.12. The van der Waals surface area contributed by atoms with Gasteiger partial charge in [-0.15, -0.1) is 0 Å². The molecule has 0 N–H and O–H groups in total. The van der Waals surface area contributed by atoms with Gasteiger partial charge < -0.3 is 18.3 Å². The molecule has 0 bridgehead atoms. The van der Waals surface area contributed by atoms with E-state index in [0.717, 1.165) is 22.7 Å². The minimum Gasteiger partial charge on any atom is -0.309 e. The molecule has 4 aromatic heterocycles. The molecule has 0 amide bonds. The summed E-state index contributed by atoms with van der Waals surface area (Å²) >= 11 is 0. The van der Waals surface area contributed by atoms with Crippen molar-refractivity contribution in [3.05, 3.63) is 303 Å². The van der Waals surface area contributed by atoms with Gasteiger partial charge in [0.05, 0.1) is 44.1 Å². The number of aromatic nitrogens is 4. The smallest absolute Gasteiger partial charge is 0.0568 e. The fourth-order valence-electron chi connectivity index (χ4n) is 16.6. The normalized spacial score (nSPS) is 12.4. The van der Waals surface area contributed by atoms with E-state index in [0.29, 0.717) is 0 Å². The first kappa shape index (κ1) is 48.2. The second-order valence-corrected chi connectivity index (χ2v) is 24.6. The van der Waals surface area contributed by atoms with E-state index in [1.807, 2.05) is 0 Å². The van der Waals surface area contributed by atoms with Crippen molar-refractivity contribution in [2.45, 2.75) is 0 Å². The van der Waals surface area contributed by atoms with Crippen LogP contribution in [0.2, 0.25) is 0 Å². The fourth-order valence-corrected chi connectivity index (χ4v) is 16.6. The third-order valence-electron chi connectivity index (χ3n) is 20.2. The molecule has 21 rings (SSSR count). The largest absolute Gasteiger partial charge is 0.309 e. The van der Waals surface area contributed by atoms with Crippen molar-refractivity contribution in [3.8, 4) is 89.5 Å². The molecule has 0 atom stereocenters. The number of rotatable bonds is 6. The van der Waals surface area contributed by atoms with Gasteiger partial charge in [-0.3, -0.25) is 0 Å². The minimum atomic E-state index is 1.12. The Morgan fingerprint density at radius 1 is 0.167 bits per heavy atom. The van der Waals surface area contributed by atoms with Crippen LogP contribution in [-0.4, -0.2) is 18.3 Å². The SMILES string of the molecule is c1ccc(-c2cccc(-n3c4cc5c(c6c4c4c7c(cccc7ccc43)-c3cc(-c4ccc(-n7c8cc9c(c%10c8c8c%11c(cccc%11ccc87)-c7ccccc7-%10)c7ccccc7n9-c7ccccc7)cc4)ccc3-6)c3ccccc3n5-c3ccccc3)c2)cc1. The van der Waals surface area contributed by atoms with E-state index in [-0.39, 0.29) is 0 Å². The van der Waals surface area contributed by atoms with Gasteiger partial charge in [0, 0.05) is 77.0 Å². The number of fused-ring (bicyclic) bond motifs is 14. The first-order valence-electron chi connectivity index (χ1n) is 31.2. The highest BCUT2D eigenvalue weighted by atomic mass is 15.0. The monoisotopic (exact) mass is 1140 g/mol. The Balaban J connectivity index is 0.815. The van der Waals surface area contributed by atoms with Crippen molar-refractivity contribution < 1.29 is 0 Å². The topological polar surface area (TPSA) is 19.7 Å². The van der Waals surface area contributed by atoms with Gasteiger partial charge in [0.25, 0.3) is 0 Å². The summed E-state index contributed by atoms with van der Waals surface area (Å²) in [4.78, 5) is 0. The molecule has 0 unspecified atom stereocenters. The zero-order chi connectivity index (χ0) is 58.4. The van der Waals surface area contributed by atoms with Gasteiger partial charge in [-0.2, -0.15) is 0 Å². The Bertz CT molecular complexity index is 6350. The Kier molecular flexibility index (Phi) is 9.54. The molecule has 2 aliphatic carbocycles. The number of nitrogens with zero attached hydrogens (tertiary/aromatic N) is 4. The molecule has 4 heteroatoms. The van der Waals surface area contributed by atoms with Gasteiger partial charge >= 0.3 is 0 Å². The lowest BCUT2D eigenvalue weighted by Gasteiger charge is -2.17. The van der Waals surface area contributed by atoms with Crippen LogP contribution >= 0.6 is 0 Å². The highest BCUT2D eigenvalue weighted by molar-refractivity contribution is 6.38. The molecule has 15 aromatic carbocycles. The van der Waals surface area contributed by atoms with Gasteiger partial charge in [-0.05, 0) is 168 Å². The van der Waals surface area contributed by atoms with Crippen molar-refractivity contribution in [1.82, 2.24) is 18.3 Å². The lowest BCUT2D eigenvalue weighted by atomic mass is 9.88. The second-order valence-electron chi connectivity index (χ2n) is 24.6. The van der Waals surface area contributed by atoms with Crippen LogP contribution in [0.25, 0.3) is 198 Å². The molecule has 0 radical (unpaired) electrons. The summed E-state index contributed by atoms with van der Waals surface area (Å²) in [7, 11) is 0. The van der Waals surface area contributed by atoms with Crippen LogP contribution < -0.4 is 0 Å². The molecule has 0 saturated carbocycles. The second kappa shape index (κ2) is 17.8. The van der Waals surface area contributed by atoms with Crippen LogP contribution in [-0.2, 0) is 0 Å². The lowest BCUT2D eigenvalue weighted by molar-refractivity contribution is 1.16. The number of benzene rings is 15. The first-order valence-corrected chi connectivity index (χ1v) is 31.2. The standard InChI is InChI=1S/C86H50N4/c1-4-19-51(20-5-1)55-23-16-28-60(47-55)90-72-46-41-54-22-18-34-64-68-48-56(39-44-65(68)82-80-67-32-13-15-36-70(67)88(58-26-8-3-9-27-58)74(80)50-76(90)86(82)84(72)78(54)64)52-37-42-59(43-38-52)89-71-45-40-53-21-17-33-62-61-29-10-11-30-63(61)81-79-66-31-12-14-35-69(66)87(57-24-6-2-7-25-57)73(79)49-75(89)85(81)83(71)77(53)62/h1-50H. The first-order chi connectivity index (χ1) is 44.7. The molecule has 19 aromatic rings. The maximum atomic E-state index is 2.55. The average Bonchev–Trinajstić information content (AvgIpc) is 1.53. The van der Waals surface area contributed by atoms with Crippen molar-refractivity contribution in [3.63, 3.8) is 0 Å². The molecular formula is C86H50N4. The van der Waals surface area contributed by atoms with E-state index in [9.17, 15) is 0 Å². The van der Waals surface area contributed by atoms with Crippen molar-refractivity contribution in [1.29, 1.82) is 0 Å². The molecule has 0 spiro atoms. The van der Waals surface area contributed by atoms with Crippen molar-refractivity contribution >= 4 is 109 Å². The molecule has 2 aliphatic rings. The highest BCUT2D eigenvalue weighted by Gasteiger charge is 2.32. The summed E-state index contributed by atoms with van der Waals surface area (Å²) in [5, 5.41) is 15.3. The summed E-state index contributed by atoms with van der Waals surface area (Å²) in [6, 6.07) is 114. The van der Waals surface area contributed by atoms with E-state index in [1.54, 1.807) is 0 Å². The highest BCUT2D eigenvalue weighted by Crippen LogP contribution is 2.57. The number of para-hydroxylation sites is 4. The summed E-state index contributed by atoms with van der Waals surface area (Å²) in [6.45, 7) is 0. The van der Waals surface area contributed by atoms with Crippen LogP contribution in [0.5, 0.6) is 0 Å². The van der Waals surface area contributed by atoms with Gasteiger partial charge in [0.15, 0.2) is 0 Å². The third-order valence-corrected chi connectivity index (χ3v) is 20.2. The maximum Gasteiger partial charge on any atom is 0.0568 e. The van der Waals surface area contributed by atoms with Crippen LogP contribution in [0.3, 0.4) is 0 Å². The zero-order valence-corrected chi connectivity index (χ0v) is 48.7. The maximum absolute atomic E-state index is 2.55. The average molecular weight is 1140 g/mol. The number of hydrogen-bond acceptors (Lipinski definition) is 0. The van der Waals surface area contributed by atoms with Crippen molar-refractivity contribution in [2.75, 3.05) is 0 Å². The lowest BCUT2D eigenvalue weighted by Crippen LogP contribution is -1.98. The predicted molar refractivity (Wildman–Crippen MR) is 379 cm³/mol.